The quantitative estimate of drug-likeness (QED) is 0.785. The Kier molecular flexibility index (Phi) is 4.11. The molecule has 6 nitrogen and oxygen atoms in total. The third-order valence-electron chi connectivity index (χ3n) is 3.12. The van der Waals surface area contributed by atoms with Crippen LogP contribution in [0.25, 0.3) is 0 Å². The van der Waals surface area contributed by atoms with Gasteiger partial charge >= 0.3 is 6.09 Å². The largest absolute Gasteiger partial charge is 0.444 e. The van der Waals surface area contributed by atoms with E-state index in [1.807, 2.05) is 20.8 Å². The van der Waals surface area contributed by atoms with Crippen LogP contribution in [0.5, 0.6) is 0 Å². The molecular weight excluding hydrogens is 256 g/mol. The second-order valence-electron chi connectivity index (χ2n) is 6.03. The van der Waals surface area contributed by atoms with Crippen molar-refractivity contribution in [2.24, 2.45) is 0 Å². The van der Waals surface area contributed by atoms with Gasteiger partial charge in [-0.15, -0.1) is 0 Å². The molecule has 0 unspecified atom stereocenters. The summed E-state index contributed by atoms with van der Waals surface area (Å²) in [7, 11) is 0. The highest BCUT2D eigenvalue weighted by atomic mass is 16.6. The number of piperazine rings is 1. The lowest BCUT2D eigenvalue weighted by Gasteiger charge is -2.40. The Morgan fingerprint density at radius 2 is 2.10 bits per heavy atom. The molecule has 1 atom stereocenters. The smallest absolute Gasteiger partial charge is 0.410 e. The van der Waals surface area contributed by atoms with Crippen LogP contribution in [0.3, 0.4) is 0 Å². The summed E-state index contributed by atoms with van der Waals surface area (Å²) in [6.07, 6.45) is 4.84. The number of rotatable bonds is 1. The molecule has 0 bridgehead atoms. The summed E-state index contributed by atoms with van der Waals surface area (Å²) in [5.74, 6) is 0.851. The second kappa shape index (κ2) is 5.64. The van der Waals surface area contributed by atoms with Crippen molar-refractivity contribution in [3.63, 3.8) is 0 Å². The number of aromatic nitrogens is 2. The van der Waals surface area contributed by atoms with E-state index < -0.39 is 5.60 Å². The Morgan fingerprint density at radius 3 is 2.65 bits per heavy atom. The van der Waals surface area contributed by atoms with E-state index in [4.69, 9.17) is 4.74 Å². The van der Waals surface area contributed by atoms with E-state index in [0.717, 1.165) is 12.4 Å². The molecule has 0 saturated carbocycles. The molecule has 1 aliphatic rings. The van der Waals surface area contributed by atoms with Crippen molar-refractivity contribution >= 4 is 11.9 Å². The van der Waals surface area contributed by atoms with Gasteiger partial charge < -0.3 is 14.5 Å². The number of hydrogen-bond acceptors (Lipinski definition) is 5. The maximum absolute atomic E-state index is 12.1. The summed E-state index contributed by atoms with van der Waals surface area (Å²) >= 11 is 0. The molecule has 1 fully saturated rings. The van der Waals surface area contributed by atoms with Crippen LogP contribution in [0.15, 0.2) is 18.6 Å². The molecule has 1 aliphatic heterocycles. The van der Waals surface area contributed by atoms with Crippen LogP contribution in [0.1, 0.15) is 27.7 Å². The first-order valence-electron chi connectivity index (χ1n) is 6.87. The fraction of sp³-hybridized carbons (Fsp3) is 0.643. The predicted molar refractivity (Wildman–Crippen MR) is 76.6 cm³/mol. The van der Waals surface area contributed by atoms with Crippen molar-refractivity contribution in [2.45, 2.75) is 39.3 Å². The van der Waals surface area contributed by atoms with Crippen molar-refractivity contribution in [1.29, 1.82) is 0 Å². The lowest BCUT2D eigenvalue weighted by Crippen LogP contribution is -2.54. The Morgan fingerprint density at radius 1 is 1.35 bits per heavy atom. The zero-order chi connectivity index (χ0) is 14.8. The average Bonchev–Trinajstić information content (AvgIpc) is 2.37. The van der Waals surface area contributed by atoms with E-state index in [1.54, 1.807) is 23.5 Å². The molecule has 1 amide bonds. The zero-order valence-corrected chi connectivity index (χ0v) is 12.5. The number of nitrogens with zero attached hydrogens (tertiary/aromatic N) is 4. The molecule has 0 radical (unpaired) electrons. The molecule has 1 aromatic rings. The van der Waals surface area contributed by atoms with Crippen LogP contribution in [0.4, 0.5) is 10.6 Å². The van der Waals surface area contributed by atoms with Gasteiger partial charge in [-0.1, -0.05) is 0 Å². The van der Waals surface area contributed by atoms with E-state index >= 15 is 0 Å². The number of ether oxygens (including phenoxy) is 1. The van der Waals surface area contributed by atoms with E-state index in [1.165, 1.54) is 0 Å². The van der Waals surface area contributed by atoms with Crippen molar-refractivity contribution in [1.82, 2.24) is 14.9 Å². The Labute approximate surface area is 119 Å². The van der Waals surface area contributed by atoms with Crippen LogP contribution in [0, 0.1) is 0 Å². The minimum atomic E-state index is -0.456. The van der Waals surface area contributed by atoms with Gasteiger partial charge in [-0.2, -0.15) is 0 Å². The third-order valence-corrected chi connectivity index (χ3v) is 3.12. The normalized spacial score (nSPS) is 19.9. The Hall–Kier alpha value is -1.85. The molecule has 1 saturated heterocycles. The lowest BCUT2D eigenvalue weighted by atomic mass is 10.2. The van der Waals surface area contributed by atoms with Gasteiger partial charge in [-0.3, -0.25) is 4.98 Å². The number of carbonyl (C=O) groups is 1. The maximum atomic E-state index is 12.1. The fourth-order valence-corrected chi connectivity index (χ4v) is 2.23. The van der Waals surface area contributed by atoms with E-state index in [0.29, 0.717) is 13.1 Å². The van der Waals surface area contributed by atoms with E-state index in [2.05, 4.69) is 21.8 Å². The van der Waals surface area contributed by atoms with Crippen LogP contribution in [0.2, 0.25) is 0 Å². The van der Waals surface area contributed by atoms with Crippen molar-refractivity contribution in [3.05, 3.63) is 18.6 Å². The molecular formula is C14H22N4O2. The van der Waals surface area contributed by atoms with Crippen LogP contribution >= 0.6 is 0 Å². The maximum Gasteiger partial charge on any atom is 0.410 e. The minimum absolute atomic E-state index is 0.188. The molecule has 110 valence electrons. The molecule has 0 aromatic carbocycles. The van der Waals surface area contributed by atoms with Gasteiger partial charge in [-0.05, 0) is 27.7 Å². The standard InChI is InChI=1S/C14H22N4O2/c1-11-10-17(13(19)20-14(2,3)4)7-8-18(11)12-9-15-5-6-16-12/h5-6,9,11H,7-8,10H2,1-4H3/t11-/m0/s1. The first-order chi connectivity index (χ1) is 9.37. The molecule has 2 heterocycles. The highest BCUT2D eigenvalue weighted by molar-refractivity contribution is 5.68. The summed E-state index contributed by atoms with van der Waals surface area (Å²) in [4.78, 5) is 24.4. The first-order valence-corrected chi connectivity index (χ1v) is 6.87. The molecule has 1 aromatic heterocycles. The predicted octanol–water partition coefficient (Wildman–Crippen LogP) is 1.92. The Balaban J connectivity index is 1.97. The SMILES string of the molecule is C[C@H]1CN(C(=O)OC(C)(C)C)CCN1c1cnccn1. The topological polar surface area (TPSA) is 58.6 Å². The van der Waals surface area contributed by atoms with Gasteiger partial charge in [0, 0.05) is 38.1 Å². The van der Waals surface area contributed by atoms with Crippen molar-refractivity contribution in [3.8, 4) is 0 Å². The summed E-state index contributed by atoms with van der Waals surface area (Å²) in [5.41, 5.74) is -0.456. The highest BCUT2D eigenvalue weighted by Gasteiger charge is 2.30. The number of carbonyl (C=O) groups excluding carboxylic acids is 1. The third kappa shape index (κ3) is 3.59. The van der Waals surface area contributed by atoms with E-state index in [-0.39, 0.29) is 12.1 Å². The van der Waals surface area contributed by atoms with Gasteiger partial charge in [0.25, 0.3) is 0 Å². The minimum Gasteiger partial charge on any atom is -0.444 e. The zero-order valence-electron chi connectivity index (χ0n) is 12.5. The molecule has 6 heteroatoms. The number of amides is 1. The van der Waals surface area contributed by atoms with Crippen LogP contribution in [-0.4, -0.2) is 52.2 Å². The van der Waals surface area contributed by atoms with E-state index in [9.17, 15) is 4.79 Å². The van der Waals surface area contributed by atoms with Crippen LogP contribution in [-0.2, 0) is 4.74 Å². The molecule has 0 aliphatic carbocycles. The number of hydrogen-bond donors (Lipinski definition) is 0. The summed E-state index contributed by atoms with van der Waals surface area (Å²) in [6, 6.07) is 0.188. The second-order valence-corrected chi connectivity index (χ2v) is 6.03. The average molecular weight is 278 g/mol. The van der Waals surface area contributed by atoms with Gasteiger partial charge in [-0.25, -0.2) is 9.78 Å². The van der Waals surface area contributed by atoms with Crippen molar-refractivity contribution < 1.29 is 9.53 Å². The van der Waals surface area contributed by atoms with Crippen molar-refractivity contribution in [2.75, 3.05) is 24.5 Å². The molecule has 0 N–H and O–H groups in total. The summed E-state index contributed by atoms with van der Waals surface area (Å²) < 4.78 is 5.41. The van der Waals surface area contributed by atoms with Gasteiger partial charge in [0.2, 0.25) is 0 Å². The molecule has 20 heavy (non-hydrogen) atoms. The molecule has 0 spiro atoms. The van der Waals surface area contributed by atoms with Gasteiger partial charge in [0.15, 0.2) is 0 Å². The molecule has 2 rings (SSSR count). The fourth-order valence-electron chi connectivity index (χ4n) is 2.23. The monoisotopic (exact) mass is 278 g/mol. The Bertz CT molecular complexity index is 458. The number of anilines is 1. The summed E-state index contributed by atoms with van der Waals surface area (Å²) in [5, 5.41) is 0. The highest BCUT2D eigenvalue weighted by Crippen LogP contribution is 2.18. The lowest BCUT2D eigenvalue weighted by molar-refractivity contribution is 0.0218. The van der Waals surface area contributed by atoms with Gasteiger partial charge in [0.05, 0.1) is 6.20 Å². The van der Waals surface area contributed by atoms with Crippen LogP contribution < -0.4 is 4.90 Å². The first kappa shape index (κ1) is 14.6. The van der Waals surface area contributed by atoms with Gasteiger partial charge in [0.1, 0.15) is 11.4 Å². The summed E-state index contributed by atoms with van der Waals surface area (Å²) in [6.45, 7) is 9.71.